The predicted octanol–water partition coefficient (Wildman–Crippen LogP) is 2.49. The number of carboxylic acid groups (broad SMARTS) is 1. The van der Waals surface area contributed by atoms with Gasteiger partial charge in [0.25, 0.3) is 0 Å². The van der Waals surface area contributed by atoms with Crippen molar-refractivity contribution in [2.45, 2.75) is 18.5 Å². The van der Waals surface area contributed by atoms with Crippen molar-refractivity contribution in [3.63, 3.8) is 0 Å². The number of carboxylic acids is 1. The zero-order valence-electron chi connectivity index (χ0n) is 10.3. The number of halogens is 1. The predicted molar refractivity (Wildman–Crippen MR) is 75.4 cm³/mol. The molecule has 19 heavy (non-hydrogen) atoms. The normalized spacial score (nSPS) is 10.9. The molecule has 0 amide bonds. The van der Waals surface area contributed by atoms with Gasteiger partial charge in [0.1, 0.15) is 16.4 Å². The van der Waals surface area contributed by atoms with Crippen LogP contribution in [0.15, 0.2) is 22.0 Å². The largest absolute Gasteiger partial charge is 0.477 e. The van der Waals surface area contributed by atoms with Gasteiger partial charge >= 0.3 is 5.97 Å². The minimum absolute atomic E-state index is 0.217. The summed E-state index contributed by atoms with van der Waals surface area (Å²) in [7, 11) is 0. The monoisotopic (exact) mass is 298 g/mol. The smallest absolute Gasteiger partial charge is 0.342 e. The molecule has 0 aliphatic carbocycles. The summed E-state index contributed by atoms with van der Waals surface area (Å²) in [5, 5.41) is 10.2. The van der Waals surface area contributed by atoms with Crippen LogP contribution in [0.5, 0.6) is 0 Å². The topological polar surface area (TPSA) is 72.2 Å². The Labute approximate surface area is 118 Å². The molecule has 0 aliphatic heterocycles. The highest BCUT2D eigenvalue weighted by molar-refractivity contribution is 7.98. The van der Waals surface area contributed by atoms with Crippen LogP contribution in [-0.4, -0.2) is 26.9 Å². The summed E-state index contributed by atoms with van der Waals surface area (Å²) in [6.45, 7) is 2.36. The number of carbonyl (C=O) groups is 1. The summed E-state index contributed by atoms with van der Waals surface area (Å²) in [6, 6.07) is 2.99. The zero-order chi connectivity index (χ0) is 14.2. The summed E-state index contributed by atoms with van der Waals surface area (Å²) in [5.74, 6) is -1.23. The van der Waals surface area contributed by atoms with Crippen LogP contribution in [0.4, 0.5) is 0 Å². The number of pyridine rings is 2. The molecule has 2 heterocycles. The Morgan fingerprint density at radius 2 is 2.21 bits per heavy atom. The summed E-state index contributed by atoms with van der Waals surface area (Å²) in [5.41, 5.74) is -0.332. The van der Waals surface area contributed by atoms with E-state index in [1.807, 2.05) is 6.92 Å². The van der Waals surface area contributed by atoms with Gasteiger partial charge in [-0.1, -0.05) is 11.6 Å². The number of hydrogen-bond acceptors (Lipinski definition) is 4. The highest BCUT2D eigenvalue weighted by atomic mass is 35.5. The quantitative estimate of drug-likeness (QED) is 0.696. The first kappa shape index (κ1) is 13.9. The van der Waals surface area contributed by atoms with Crippen LogP contribution in [-0.2, 0) is 6.54 Å². The van der Waals surface area contributed by atoms with Gasteiger partial charge in [0.15, 0.2) is 0 Å². The standard InChI is InChI=1S/C12H11ClN2O3S/c1-3-15-10-6(4-5-7(13)14-10)9(16)8(12(17)18)11(15)19-2/h4-5H,3H2,1-2H3,(H,17,18). The minimum atomic E-state index is -1.23. The molecule has 2 aromatic heterocycles. The highest BCUT2D eigenvalue weighted by Gasteiger charge is 2.21. The molecule has 0 spiro atoms. The average Bonchev–Trinajstić information content (AvgIpc) is 2.37. The van der Waals surface area contributed by atoms with E-state index < -0.39 is 11.4 Å². The van der Waals surface area contributed by atoms with E-state index in [2.05, 4.69) is 4.98 Å². The van der Waals surface area contributed by atoms with Gasteiger partial charge in [-0.15, -0.1) is 11.8 Å². The van der Waals surface area contributed by atoms with Crippen molar-refractivity contribution >= 4 is 40.4 Å². The van der Waals surface area contributed by atoms with Crippen molar-refractivity contribution in [3.8, 4) is 0 Å². The van der Waals surface area contributed by atoms with E-state index in [0.29, 0.717) is 17.2 Å². The maximum absolute atomic E-state index is 12.2. The molecule has 0 atom stereocenters. The maximum atomic E-state index is 12.2. The second kappa shape index (κ2) is 5.22. The van der Waals surface area contributed by atoms with E-state index in [-0.39, 0.29) is 16.1 Å². The SMILES string of the molecule is CCn1c(SC)c(C(=O)O)c(=O)c2ccc(Cl)nc21. The summed E-state index contributed by atoms with van der Waals surface area (Å²) >= 11 is 7.06. The molecule has 0 bridgehead atoms. The molecule has 1 N–H and O–H groups in total. The molecule has 2 rings (SSSR count). The van der Waals surface area contributed by atoms with Crippen molar-refractivity contribution < 1.29 is 9.90 Å². The fourth-order valence-corrected chi connectivity index (χ4v) is 2.93. The number of fused-ring (bicyclic) bond motifs is 1. The molecule has 0 fully saturated rings. The summed E-state index contributed by atoms with van der Waals surface area (Å²) in [4.78, 5) is 27.7. The van der Waals surface area contributed by atoms with Crippen LogP contribution in [0, 0.1) is 0 Å². The van der Waals surface area contributed by atoms with Gasteiger partial charge in [-0.3, -0.25) is 4.79 Å². The summed E-state index contributed by atoms with van der Waals surface area (Å²) in [6.07, 6.45) is 1.73. The average molecular weight is 299 g/mol. The molecular formula is C12H11ClN2O3S. The van der Waals surface area contributed by atoms with Crippen molar-refractivity contribution in [2.75, 3.05) is 6.26 Å². The molecule has 100 valence electrons. The Morgan fingerprint density at radius 1 is 1.53 bits per heavy atom. The van der Waals surface area contributed by atoms with Gasteiger partial charge in [0.05, 0.1) is 10.4 Å². The molecule has 0 radical (unpaired) electrons. The second-order valence-corrected chi connectivity index (χ2v) is 4.95. The lowest BCUT2D eigenvalue weighted by Crippen LogP contribution is -2.22. The van der Waals surface area contributed by atoms with Crippen LogP contribution >= 0.6 is 23.4 Å². The molecular weight excluding hydrogens is 288 g/mol. The van der Waals surface area contributed by atoms with Crippen LogP contribution in [0.3, 0.4) is 0 Å². The molecule has 5 nitrogen and oxygen atoms in total. The van der Waals surface area contributed by atoms with Gasteiger partial charge in [0, 0.05) is 6.54 Å². The second-order valence-electron chi connectivity index (χ2n) is 3.77. The van der Waals surface area contributed by atoms with Crippen molar-refractivity contribution in [1.82, 2.24) is 9.55 Å². The van der Waals surface area contributed by atoms with Crippen molar-refractivity contribution in [3.05, 3.63) is 33.1 Å². The van der Waals surface area contributed by atoms with E-state index in [1.165, 1.54) is 23.9 Å². The van der Waals surface area contributed by atoms with E-state index in [9.17, 15) is 14.7 Å². The Kier molecular flexibility index (Phi) is 3.82. The van der Waals surface area contributed by atoms with Gasteiger partial charge in [-0.25, -0.2) is 9.78 Å². The van der Waals surface area contributed by atoms with Crippen LogP contribution in [0.2, 0.25) is 5.15 Å². The van der Waals surface area contributed by atoms with E-state index >= 15 is 0 Å². The molecule has 0 aliphatic rings. The highest BCUT2D eigenvalue weighted by Crippen LogP contribution is 2.24. The Morgan fingerprint density at radius 3 is 2.74 bits per heavy atom. The third-order valence-corrected chi connectivity index (χ3v) is 3.77. The number of nitrogens with zero attached hydrogens (tertiary/aromatic N) is 2. The molecule has 7 heteroatoms. The summed E-state index contributed by atoms with van der Waals surface area (Å²) < 4.78 is 1.69. The van der Waals surface area contributed by atoms with Gasteiger partial charge < -0.3 is 9.67 Å². The molecule has 2 aromatic rings. The Bertz CT molecular complexity index is 727. The fourth-order valence-electron chi connectivity index (χ4n) is 1.97. The molecule has 0 aromatic carbocycles. The number of thioether (sulfide) groups is 1. The first-order chi connectivity index (χ1) is 9.01. The molecule has 0 saturated heterocycles. The van der Waals surface area contributed by atoms with E-state index in [1.54, 1.807) is 10.8 Å². The lowest BCUT2D eigenvalue weighted by molar-refractivity contribution is 0.0690. The first-order valence-electron chi connectivity index (χ1n) is 5.51. The van der Waals surface area contributed by atoms with Gasteiger partial charge in [0.2, 0.25) is 5.43 Å². The number of hydrogen-bond donors (Lipinski definition) is 1. The maximum Gasteiger partial charge on any atom is 0.342 e. The van der Waals surface area contributed by atoms with Gasteiger partial charge in [-0.2, -0.15) is 0 Å². The van der Waals surface area contributed by atoms with Crippen LogP contribution in [0.25, 0.3) is 11.0 Å². The number of aryl methyl sites for hydroxylation is 1. The third kappa shape index (κ3) is 2.21. The Hall–Kier alpha value is -1.53. The first-order valence-corrected chi connectivity index (χ1v) is 7.11. The van der Waals surface area contributed by atoms with Crippen LogP contribution < -0.4 is 5.43 Å². The lowest BCUT2D eigenvalue weighted by atomic mass is 10.2. The van der Waals surface area contributed by atoms with Crippen molar-refractivity contribution in [2.24, 2.45) is 0 Å². The number of rotatable bonds is 3. The van der Waals surface area contributed by atoms with E-state index in [0.717, 1.165) is 0 Å². The molecule has 0 saturated carbocycles. The lowest BCUT2D eigenvalue weighted by Gasteiger charge is -2.15. The number of aromatic nitrogens is 2. The number of aromatic carboxylic acids is 1. The van der Waals surface area contributed by atoms with Crippen LogP contribution in [0.1, 0.15) is 17.3 Å². The molecule has 0 unspecified atom stereocenters. The third-order valence-electron chi connectivity index (χ3n) is 2.75. The fraction of sp³-hybridized carbons (Fsp3) is 0.250. The minimum Gasteiger partial charge on any atom is -0.477 e. The van der Waals surface area contributed by atoms with Gasteiger partial charge in [-0.05, 0) is 25.3 Å². The Balaban J connectivity index is 3.06. The van der Waals surface area contributed by atoms with E-state index in [4.69, 9.17) is 11.6 Å². The van der Waals surface area contributed by atoms with Crippen molar-refractivity contribution in [1.29, 1.82) is 0 Å². The zero-order valence-corrected chi connectivity index (χ0v) is 11.9.